The Bertz CT molecular complexity index is 608. The summed E-state index contributed by atoms with van der Waals surface area (Å²) in [4.78, 5) is 0. The first kappa shape index (κ1) is 15.2. The predicted molar refractivity (Wildman–Crippen MR) is 71.6 cm³/mol. The number of halogens is 4. The van der Waals surface area contributed by atoms with Crippen LogP contribution < -0.4 is 10.1 Å². The van der Waals surface area contributed by atoms with Gasteiger partial charge in [-0.05, 0) is 48.4 Å². The molecule has 0 bridgehead atoms. The van der Waals surface area contributed by atoms with Gasteiger partial charge < -0.3 is 10.1 Å². The predicted octanol–water partition coefficient (Wildman–Crippen LogP) is 4.64. The summed E-state index contributed by atoms with van der Waals surface area (Å²) in [5.41, 5.74) is 2.31. The van der Waals surface area contributed by atoms with Gasteiger partial charge in [0.05, 0.1) is 0 Å². The van der Waals surface area contributed by atoms with Gasteiger partial charge in [0.25, 0.3) is 0 Å². The number of anilines is 1. The Morgan fingerprint density at radius 2 is 1.71 bits per heavy atom. The zero-order chi connectivity index (χ0) is 15.5. The number of hydrogen-bond acceptors (Lipinski definition) is 2. The highest BCUT2D eigenvalue weighted by Crippen LogP contribution is 2.23. The third-order valence-corrected chi connectivity index (χ3v) is 2.83. The molecule has 0 spiro atoms. The molecule has 0 heterocycles. The SMILES string of the molecule is Cc1cc(F)ccc1NCc1ccc(OC(F)(F)F)cc1. The van der Waals surface area contributed by atoms with Crippen LogP contribution in [0.3, 0.4) is 0 Å². The average molecular weight is 299 g/mol. The van der Waals surface area contributed by atoms with E-state index in [-0.39, 0.29) is 11.6 Å². The Kier molecular flexibility index (Phi) is 4.35. The molecule has 0 aliphatic carbocycles. The minimum absolute atomic E-state index is 0.260. The van der Waals surface area contributed by atoms with Gasteiger partial charge in [-0.25, -0.2) is 4.39 Å². The Morgan fingerprint density at radius 1 is 1.05 bits per heavy atom. The fraction of sp³-hybridized carbons (Fsp3) is 0.200. The second kappa shape index (κ2) is 6.03. The number of hydrogen-bond donors (Lipinski definition) is 1. The van der Waals surface area contributed by atoms with Crippen LogP contribution in [0.1, 0.15) is 11.1 Å². The summed E-state index contributed by atoms with van der Waals surface area (Å²) in [5, 5.41) is 3.09. The van der Waals surface area contributed by atoms with Crippen LogP contribution in [0.5, 0.6) is 5.75 Å². The van der Waals surface area contributed by atoms with Crippen molar-refractivity contribution in [2.45, 2.75) is 19.8 Å². The number of alkyl halides is 3. The fourth-order valence-corrected chi connectivity index (χ4v) is 1.83. The molecule has 6 heteroatoms. The van der Waals surface area contributed by atoms with Gasteiger partial charge in [-0.3, -0.25) is 0 Å². The lowest BCUT2D eigenvalue weighted by molar-refractivity contribution is -0.274. The van der Waals surface area contributed by atoms with Crippen LogP contribution in [0.4, 0.5) is 23.2 Å². The minimum atomic E-state index is -4.69. The van der Waals surface area contributed by atoms with E-state index in [0.717, 1.165) is 16.8 Å². The van der Waals surface area contributed by atoms with Gasteiger partial charge >= 0.3 is 6.36 Å². The highest BCUT2D eigenvalue weighted by molar-refractivity contribution is 5.51. The molecule has 2 aromatic rings. The summed E-state index contributed by atoms with van der Waals surface area (Å²) < 4.78 is 52.8. The smallest absolute Gasteiger partial charge is 0.406 e. The molecule has 0 radical (unpaired) electrons. The zero-order valence-corrected chi connectivity index (χ0v) is 11.2. The number of rotatable bonds is 4. The van der Waals surface area contributed by atoms with Crippen LogP contribution in [0.25, 0.3) is 0 Å². The maximum atomic E-state index is 13.0. The molecule has 0 aliphatic heterocycles. The van der Waals surface area contributed by atoms with E-state index in [0.29, 0.717) is 6.54 Å². The number of benzene rings is 2. The van der Waals surface area contributed by atoms with Crippen molar-refractivity contribution in [3.8, 4) is 5.75 Å². The van der Waals surface area contributed by atoms with E-state index in [1.54, 1.807) is 13.0 Å². The van der Waals surface area contributed by atoms with E-state index in [1.165, 1.54) is 36.4 Å². The molecule has 0 fully saturated rings. The summed E-state index contributed by atoms with van der Waals surface area (Å²) in [6.07, 6.45) is -4.69. The molecule has 21 heavy (non-hydrogen) atoms. The molecular weight excluding hydrogens is 286 g/mol. The van der Waals surface area contributed by atoms with E-state index >= 15 is 0 Å². The third-order valence-electron chi connectivity index (χ3n) is 2.83. The summed E-state index contributed by atoms with van der Waals surface area (Å²) in [6, 6.07) is 9.94. The molecule has 2 rings (SSSR count). The van der Waals surface area contributed by atoms with Crippen LogP contribution in [0.15, 0.2) is 42.5 Å². The number of ether oxygens (including phenoxy) is 1. The van der Waals surface area contributed by atoms with Crippen molar-refractivity contribution in [1.29, 1.82) is 0 Å². The van der Waals surface area contributed by atoms with Crippen molar-refractivity contribution in [3.63, 3.8) is 0 Å². The Morgan fingerprint density at radius 3 is 2.29 bits per heavy atom. The van der Waals surface area contributed by atoms with Gasteiger partial charge in [-0.15, -0.1) is 13.2 Å². The lowest BCUT2D eigenvalue weighted by Crippen LogP contribution is -2.17. The van der Waals surface area contributed by atoms with Gasteiger partial charge in [0.1, 0.15) is 11.6 Å². The third kappa shape index (κ3) is 4.66. The molecule has 0 saturated heterocycles. The first-order valence-corrected chi connectivity index (χ1v) is 6.18. The van der Waals surface area contributed by atoms with Crippen LogP contribution >= 0.6 is 0 Å². The number of nitrogens with one attached hydrogen (secondary N) is 1. The summed E-state index contributed by atoms with van der Waals surface area (Å²) >= 11 is 0. The van der Waals surface area contributed by atoms with Crippen LogP contribution in [0.2, 0.25) is 0 Å². The fourth-order valence-electron chi connectivity index (χ4n) is 1.83. The van der Waals surface area contributed by atoms with Crippen molar-refractivity contribution < 1.29 is 22.3 Å². The molecule has 0 aromatic heterocycles. The standard InChI is InChI=1S/C15H13F4NO/c1-10-8-12(16)4-7-14(10)20-9-11-2-5-13(6-3-11)21-15(17,18)19/h2-8,20H,9H2,1H3. The van der Waals surface area contributed by atoms with Crippen molar-refractivity contribution >= 4 is 5.69 Å². The highest BCUT2D eigenvalue weighted by atomic mass is 19.4. The second-order valence-electron chi connectivity index (χ2n) is 4.50. The maximum Gasteiger partial charge on any atom is 0.573 e. The molecule has 1 N–H and O–H groups in total. The second-order valence-corrected chi connectivity index (χ2v) is 4.50. The van der Waals surface area contributed by atoms with Crippen LogP contribution in [-0.4, -0.2) is 6.36 Å². The van der Waals surface area contributed by atoms with E-state index in [4.69, 9.17) is 0 Å². The molecule has 0 saturated carbocycles. The molecule has 0 atom stereocenters. The van der Waals surface area contributed by atoms with Gasteiger partial charge in [-0.1, -0.05) is 12.1 Å². The van der Waals surface area contributed by atoms with Crippen LogP contribution in [0, 0.1) is 12.7 Å². The first-order valence-electron chi connectivity index (χ1n) is 6.18. The average Bonchev–Trinajstić information content (AvgIpc) is 2.38. The highest BCUT2D eigenvalue weighted by Gasteiger charge is 2.30. The van der Waals surface area contributed by atoms with Gasteiger partial charge in [0, 0.05) is 12.2 Å². The topological polar surface area (TPSA) is 21.3 Å². The maximum absolute atomic E-state index is 13.0. The minimum Gasteiger partial charge on any atom is -0.406 e. The van der Waals surface area contributed by atoms with Gasteiger partial charge in [0.2, 0.25) is 0 Å². The van der Waals surface area contributed by atoms with Crippen molar-refractivity contribution in [2.24, 2.45) is 0 Å². The molecule has 0 amide bonds. The summed E-state index contributed by atoms with van der Waals surface area (Å²) in [6.45, 7) is 2.18. The van der Waals surface area contributed by atoms with E-state index in [1.807, 2.05) is 0 Å². The Balaban J connectivity index is 1.97. The molecule has 0 aliphatic rings. The van der Waals surface area contributed by atoms with E-state index in [2.05, 4.69) is 10.1 Å². The largest absolute Gasteiger partial charge is 0.573 e. The van der Waals surface area contributed by atoms with Crippen molar-refractivity contribution in [2.75, 3.05) is 5.32 Å². The quantitative estimate of drug-likeness (QED) is 0.830. The lowest BCUT2D eigenvalue weighted by atomic mass is 10.1. The zero-order valence-electron chi connectivity index (χ0n) is 11.2. The monoisotopic (exact) mass is 299 g/mol. The van der Waals surface area contributed by atoms with Gasteiger partial charge in [-0.2, -0.15) is 0 Å². The molecular formula is C15H13F4NO. The number of aryl methyl sites for hydroxylation is 1. The van der Waals surface area contributed by atoms with E-state index < -0.39 is 6.36 Å². The first-order chi connectivity index (χ1) is 9.83. The Labute approximate surface area is 119 Å². The summed E-state index contributed by atoms with van der Waals surface area (Å²) in [7, 11) is 0. The van der Waals surface area contributed by atoms with Crippen molar-refractivity contribution in [1.82, 2.24) is 0 Å². The molecule has 0 unspecified atom stereocenters. The molecule has 2 aromatic carbocycles. The molecule has 112 valence electrons. The van der Waals surface area contributed by atoms with Crippen molar-refractivity contribution in [3.05, 3.63) is 59.4 Å². The van der Waals surface area contributed by atoms with Gasteiger partial charge in [0.15, 0.2) is 0 Å². The normalized spacial score (nSPS) is 11.3. The summed E-state index contributed by atoms with van der Waals surface area (Å²) in [5.74, 6) is -0.573. The van der Waals surface area contributed by atoms with Crippen LogP contribution in [-0.2, 0) is 6.54 Å². The lowest BCUT2D eigenvalue weighted by Gasteiger charge is -2.11. The van der Waals surface area contributed by atoms with E-state index in [9.17, 15) is 17.6 Å². The Hall–Kier alpha value is -2.24. The molecule has 2 nitrogen and oxygen atoms in total.